The van der Waals surface area contributed by atoms with Gasteiger partial charge >= 0.3 is 0 Å². The molecule has 0 aliphatic carbocycles. The predicted octanol–water partition coefficient (Wildman–Crippen LogP) is 3.04. The van der Waals surface area contributed by atoms with Crippen molar-refractivity contribution in [2.45, 2.75) is 22.2 Å². The fourth-order valence-electron chi connectivity index (χ4n) is 3.12. The highest BCUT2D eigenvalue weighted by Gasteiger charge is 2.20. The Labute approximate surface area is 200 Å². The number of fused-ring (bicyclic) bond motifs is 1. The number of benzene rings is 3. The van der Waals surface area contributed by atoms with E-state index in [1.54, 1.807) is 31.2 Å². The summed E-state index contributed by atoms with van der Waals surface area (Å²) in [5, 5.41) is 7.97. The molecule has 0 aliphatic heterocycles. The fourth-order valence-corrected chi connectivity index (χ4v) is 4.50. The number of primary sulfonamides is 1. The normalized spacial score (nSPS) is 12.3. The van der Waals surface area contributed by atoms with Crippen LogP contribution in [0.4, 0.5) is 11.4 Å². The van der Waals surface area contributed by atoms with E-state index in [-0.39, 0.29) is 16.4 Å². The molecule has 34 heavy (non-hydrogen) atoms. The average molecular weight is 496 g/mol. The molecule has 0 bridgehead atoms. The van der Waals surface area contributed by atoms with E-state index >= 15 is 0 Å². The van der Waals surface area contributed by atoms with Crippen molar-refractivity contribution in [3.8, 4) is 0 Å². The number of nitrogens with one attached hydrogen (secondary N) is 2. The second-order valence-corrected chi connectivity index (χ2v) is 10.2. The van der Waals surface area contributed by atoms with Crippen LogP contribution in [0.25, 0.3) is 10.9 Å². The zero-order valence-electron chi connectivity index (χ0n) is 18.0. The van der Waals surface area contributed by atoms with E-state index < -0.39 is 15.3 Å². The van der Waals surface area contributed by atoms with Gasteiger partial charge in [0.2, 0.25) is 15.9 Å². The first kappa shape index (κ1) is 23.5. The van der Waals surface area contributed by atoms with Gasteiger partial charge in [-0.2, -0.15) is 4.68 Å². The van der Waals surface area contributed by atoms with E-state index in [2.05, 4.69) is 15.7 Å². The summed E-state index contributed by atoms with van der Waals surface area (Å²) >= 11 is 1.11. The summed E-state index contributed by atoms with van der Waals surface area (Å²) in [6.45, 7) is 1.69. The van der Waals surface area contributed by atoms with Gasteiger partial charge in [0.05, 0.1) is 26.7 Å². The maximum absolute atomic E-state index is 13.2. The second kappa shape index (κ2) is 9.67. The number of aromatic nitrogens is 2. The molecule has 11 heteroatoms. The minimum absolute atomic E-state index is 0.0516. The van der Waals surface area contributed by atoms with Crippen LogP contribution < -0.4 is 21.4 Å². The first-order valence-electron chi connectivity index (χ1n) is 10.2. The number of sulfonamides is 1. The summed E-state index contributed by atoms with van der Waals surface area (Å²) in [6, 6.07) is 21.7. The van der Waals surface area contributed by atoms with E-state index in [4.69, 9.17) is 5.14 Å². The largest absolute Gasteiger partial charge is 0.325 e. The van der Waals surface area contributed by atoms with E-state index in [9.17, 15) is 18.0 Å². The van der Waals surface area contributed by atoms with E-state index in [0.717, 1.165) is 11.8 Å². The Kier molecular flexibility index (Phi) is 6.68. The van der Waals surface area contributed by atoms with Gasteiger partial charge in [-0.05, 0) is 55.5 Å². The molecule has 0 aliphatic rings. The van der Waals surface area contributed by atoms with Gasteiger partial charge in [-0.1, -0.05) is 42.1 Å². The predicted molar refractivity (Wildman–Crippen MR) is 133 cm³/mol. The van der Waals surface area contributed by atoms with Crippen LogP contribution >= 0.6 is 11.8 Å². The van der Waals surface area contributed by atoms with E-state index in [1.807, 2.05) is 30.3 Å². The molecular formula is C23H21N5O4S2. The molecule has 9 nitrogen and oxygen atoms in total. The highest BCUT2D eigenvalue weighted by atomic mass is 32.2. The van der Waals surface area contributed by atoms with Crippen LogP contribution in [0.2, 0.25) is 0 Å². The van der Waals surface area contributed by atoms with Crippen molar-refractivity contribution in [3.05, 3.63) is 89.2 Å². The molecule has 174 valence electrons. The average Bonchev–Trinajstić information content (AvgIpc) is 2.82. The van der Waals surface area contributed by atoms with Crippen LogP contribution in [0, 0.1) is 0 Å². The Morgan fingerprint density at radius 2 is 1.62 bits per heavy atom. The smallest absolute Gasteiger partial charge is 0.280 e. The Morgan fingerprint density at radius 3 is 2.29 bits per heavy atom. The number of amides is 1. The Hall–Kier alpha value is -3.67. The SMILES string of the molecule is C[C@@H](Sc1nc2ccccc2c(=O)n1Nc1ccccc1)C(=O)Nc1ccc(S(N)(=O)=O)cc1. The monoisotopic (exact) mass is 495 g/mol. The lowest BCUT2D eigenvalue weighted by Crippen LogP contribution is -2.31. The summed E-state index contributed by atoms with van der Waals surface area (Å²) in [6.07, 6.45) is 0. The third kappa shape index (κ3) is 5.28. The minimum Gasteiger partial charge on any atom is -0.325 e. The molecule has 1 heterocycles. The number of rotatable bonds is 7. The summed E-state index contributed by atoms with van der Waals surface area (Å²) in [5.74, 6) is -0.345. The van der Waals surface area contributed by atoms with Gasteiger partial charge in [0.25, 0.3) is 5.56 Å². The van der Waals surface area contributed by atoms with Gasteiger partial charge < -0.3 is 5.32 Å². The first-order chi connectivity index (χ1) is 16.2. The number of thioether (sulfide) groups is 1. The molecule has 1 aromatic heterocycles. The molecule has 0 unspecified atom stereocenters. The number of hydrogen-bond acceptors (Lipinski definition) is 7. The number of anilines is 2. The third-order valence-corrected chi connectivity index (χ3v) is 6.84. The minimum atomic E-state index is -3.82. The van der Waals surface area contributed by atoms with Gasteiger partial charge in [-0.3, -0.25) is 15.0 Å². The maximum Gasteiger partial charge on any atom is 0.280 e. The maximum atomic E-state index is 13.2. The van der Waals surface area contributed by atoms with Gasteiger partial charge in [0, 0.05) is 5.69 Å². The number of nitrogens with zero attached hydrogens (tertiary/aromatic N) is 2. The van der Waals surface area contributed by atoms with Gasteiger partial charge in [-0.15, -0.1) is 0 Å². The molecule has 0 spiro atoms. The van der Waals surface area contributed by atoms with Crippen molar-refractivity contribution in [2.75, 3.05) is 10.7 Å². The van der Waals surface area contributed by atoms with Crippen molar-refractivity contribution in [3.63, 3.8) is 0 Å². The quantitative estimate of drug-likeness (QED) is 0.265. The van der Waals surface area contributed by atoms with Crippen LogP contribution in [-0.4, -0.2) is 29.2 Å². The number of hydrogen-bond donors (Lipinski definition) is 3. The van der Waals surface area contributed by atoms with Gasteiger partial charge in [-0.25, -0.2) is 18.5 Å². The van der Waals surface area contributed by atoms with Crippen LogP contribution in [0.3, 0.4) is 0 Å². The summed E-state index contributed by atoms with van der Waals surface area (Å²) in [4.78, 5) is 30.6. The summed E-state index contributed by atoms with van der Waals surface area (Å²) in [7, 11) is -3.82. The Bertz CT molecular complexity index is 1500. The summed E-state index contributed by atoms with van der Waals surface area (Å²) in [5.41, 5.74) is 4.40. The number of para-hydroxylation sites is 2. The number of carbonyl (C=O) groups is 1. The molecular weight excluding hydrogens is 474 g/mol. The molecule has 1 atom stereocenters. The van der Waals surface area contributed by atoms with Crippen molar-refractivity contribution in [1.82, 2.24) is 9.66 Å². The van der Waals surface area contributed by atoms with Crippen molar-refractivity contribution < 1.29 is 13.2 Å². The molecule has 1 amide bonds. The van der Waals surface area contributed by atoms with Crippen LogP contribution in [0.15, 0.2) is 93.7 Å². The topological polar surface area (TPSA) is 136 Å². The molecule has 4 rings (SSSR count). The molecule has 4 aromatic rings. The lowest BCUT2D eigenvalue weighted by Gasteiger charge is -2.17. The number of carbonyl (C=O) groups excluding carboxylic acids is 1. The zero-order chi connectivity index (χ0) is 24.3. The lowest BCUT2D eigenvalue weighted by molar-refractivity contribution is -0.115. The molecule has 0 saturated carbocycles. The Morgan fingerprint density at radius 1 is 0.971 bits per heavy atom. The van der Waals surface area contributed by atoms with Crippen LogP contribution in [0.1, 0.15) is 6.92 Å². The molecule has 4 N–H and O–H groups in total. The van der Waals surface area contributed by atoms with E-state index in [0.29, 0.717) is 27.4 Å². The van der Waals surface area contributed by atoms with Crippen LogP contribution in [0.5, 0.6) is 0 Å². The highest BCUT2D eigenvalue weighted by molar-refractivity contribution is 8.00. The third-order valence-electron chi connectivity index (χ3n) is 4.86. The molecule has 0 radical (unpaired) electrons. The highest BCUT2D eigenvalue weighted by Crippen LogP contribution is 2.24. The zero-order valence-corrected chi connectivity index (χ0v) is 19.6. The lowest BCUT2D eigenvalue weighted by atomic mass is 10.2. The standard InChI is InChI=1S/C23H21N5O4S2/c1-15(21(29)25-16-11-13-18(14-12-16)34(24,31)32)33-23-26-20-10-6-5-9-19(20)22(30)28(23)27-17-7-3-2-4-8-17/h2-15,27H,1H3,(H,25,29)(H2,24,31,32)/t15-/m1/s1. The van der Waals surface area contributed by atoms with E-state index in [1.165, 1.54) is 28.9 Å². The van der Waals surface area contributed by atoms with Gasteiger partial charge in [0.1, 0.15) is 0 Å². The molecule has 3 aromatic carbocycles. The number of nitrogens with two attached hydrogens (primary N) is 1. The Balaban J connectivity index is 1.60. The first-order valence-corrected chi connectivity index (χ1v) is 12.6. The van der Waals surface area contributed by atoms with Crippen molar-refractivity contribution in [2.24, 2.45) is 5.14 Å². The molecule has 0 saturated heterocycles. The van der Waals surface area contributed by atoms with Crippen molar-refractivity contribution in [1.29, 1.82) is 0 Å². The second-order valence-electron chi connectivity index (χ2n) is 7.35. The van der Waals surface area contributed by atoms with Crippen molar-refractivity contribution >= 4 is 50.0 Å². The summed E-state index contributed by atoms with van der Waals surface area (Å²) < 4.78 is 24.1. The van der Waals surface area contributed by atoms with Crippen LogP contribution in [-0.2, 0) is 14.8 Å². The molecule has 0 fully saturated rings. The van der Waals surface area contributed by atoms with Gasteiger partial charge in [0.15, 0.2) is 5.16 Å². The fraction of sp³-hybridized carbons (Fsp3) is 0.0870.